The van der Waals surface area contributed by atoms with E-state index >= 15 is 0 Å². The zero-order valence-corrected chi connectivity index (χ0v) is 14.3. The predicted molar refractivity (Wildman–Crippen MR) is 96.3 cm³/mol. The zero-order valence-electron chi connectivity index (χ0n) is 14.3. The number of hydrogen-bond acceptors (Lipinski definition) is 6. The number of rotatable bonds is 2. The van der Waals surface area contributed by atoms with Gasteiger partial charge >= 0.3 is 0 Å². The maximum Gasteiger partial charge on any atom is 0.293 e. The number of nitro benzene ring substituents is 1. The van der Waals surface area contributed by atoms with E-state index in [4.69, 9.17) is 5.26 Å². The molecule has 0 unspecified atom stereocenters. The summed E-state index contributed by atoms with van der Waals surface area (Å²) >= 11 is 0. The molecule has 0 saturated carbocycles. The first-order valence-corrected chi connectivity index (χ1v) is 8.59. The minimum atomic E-state index is -0.514. The highest BCUT2D eigenvalue weighted by Crippen LogP contribution is 2.40. The third-order valence-corrected chi connectivity index (χ3v) is 5.37. The molecule has 3 heterocycles. The standard InChI is InChI=1S/C19H15N5O3/c20-7-13-5-17(18(24(26)27)6-14(13)8-21)22-9-12-4-15(11-22)16-2-1-3-19(25)23(16)10-12/h1-3,5-6,12,15H,4,9-11H2/t12-,15-/m1/s1. The largest absolute Gasteiger partial charge is 0.365 e. The van der Waals surface area contributed by atoms with Crippen LogP contribution in [-0.4, -0.2) is 22.6 Å². The van der Waals surface area contributed by atoms with Crippen molar-refractivity contribution in [2.45, 2.75) is 18.9 Å². The van der Waals surface area contributed by atoms with Gasteiger partial charge in [-0.2, -0.15) is 10.5 Å². The summed E-state index contributed by atoms with van der Waals surface area (Å²) in [6.45, 7) is 1.67. The first-order valence-electron chi connectivity index (χ1n) is 8.59. The summed E-state index contributed by atoms with van der Waals surface area (Å²) in [5.41, 5.74) is 1.24. The smallest absolute Gasteiger partial charge is 0.293 e. The Morgan fingerprint density at radius 1 is 1.11 bits per heavy atom. The molecule has 2 bridgehead atoms. The minimum absolute atomic E-state index is 0.00190. The van der Waals surface area contributed by atoms with Crippen molar-refractivity contribution in [3.63, 3.8) is 0 Å². The minimum Gasteiger partial charge on any atom is -0.365 e. The molecule has 0 spiro atoms. The molecule has 1 aromatic carbocycles. The molecule has 134 valence electrons. The van der Waals surface area contributed by atoms with Crippen LogP contribution in [-0.2, 0) is 6.54 Å². The number of anilines is 1. The van der Waals surface area contributed by atoms with Gasteiger partial charge in [0.15, 0.2) is 0 Å². The number of benzene rings is 1. The first-order chi connectivity index (χ1) is 13.0. The van der Waals surface area contributed by atoms with E-state index in [9.17, 15) is 20.2 Å². The zero-order chi connectivity index (χ0) is 19.1. The summed E-state index contributed by atoms with van der Waals surface area (Å²) in [7, 11) is 0. The van der Waals surface area contributed by atoms with Crippen molar-refractivity contribution in [1.29, 1.82) is 10.5 Å². The fourth-order valence-electron chi connectivity index (χ4n) is 4.25. The second-order valence-corrected chi connectivity index (χ2v) is 6.97. The van der Waals surface area contributed by atoms with E-state index in [1.54, 1.807) is 16.7 Å². The molecule has 0 aliphatic carbocycles. The average molecular weight is 361 g/mol. The van der Waals surface area contributed by atoms with Crippen molar-refractivity contribution < 1.29 is 4.92 Å². The molecule has 1 saturated heterocycles. The average Bonchev–Trinajstić information content (AvgIpc) is 2.67. The Morgan fingerprint density at radius 3 is 2.56 bits per heavy atom. The van der Waals surface area contributed by atoms with Crippen molar-refractivity contribution in [1.82, 2.24) is 4.57 Å². The Morgan fingerprint density at radius 2 is 1.85 bits per heavy atom. The molecule has 0 amide bonds. The SMILES string of the molecule is N#Cc1cc(N2C[C@H]3C[C@H](C2)c2cccc(=O)n2C3)c([N+](=O)[O-])cc1C#N. The van der Waals surface area contributed by atoms with Crippen LogP contribution in [0.4, 0.5) is 11.4 Å². The van der Waals surface area contributed by atoms with Crippen LogP contribution in [0.1, 0.15) is 29.2 Å². The summed E-state index contributed by atoms with van der Waals surface area (Å²) in [5, 5.41) is 30.0. The summed E-state index contributed by atoms with van der Waals surface area (Å²) in [4.78, 5) is 25.1. The summed E-state index contributed by atoms with van der Waals surface area (Å²) in [5.74, 6) is 0.282. The molecule has 0 radical (unpaired) electrons. The number of aromatic nitrogens is 1. The maximum absolute atomic E-state index is 12.1. The molecular formula is C19H15N5O3. The van der Waals surface area contributed by atoms with Crippen molar-refractivity contribution in [3.8, 4) is 12.1 Å². The highest BCUT2D eigenvalue weighted by atomic mass is 16.6. The third kappa shape index (κ3) is 2.72. The second kappa shape index (κ2) is 6.26. The highest BCUT2D eigenvalue weighted by Gasteiger charge is 2.36. The summed E-state index contributed by atoms with van der Waals surface area (Å²) < 4.78 is 1.80. The predicted octanol–water partition coefficient (Wildman–Crippen LogP) is 2.12. The number of nitriles is 2. The lowest BCUT2D eigenvalue weighted by atomic mass is 9.82. The Labute approximate surface area is 154 Å². The van der Waals surface area contributed by atoms with Gasteiger partial charge in [-0.1, -0.05) is 6.07 Å². The molecule has 4 rings (SSSR count). The summed E-state index contributed by atoms with van der Waals surface area (Å²) in [6, 6.07) is 11.6. The Kier molecular flexibility index (Phi) is 3.89. The van der Waals surface area contributed by atoms with E-state index in [1.165, 1.54) is 12.1 Å². The van der Waals surface area contributed by atoms with Gasteiger partial charge in [0, 0.05) is 43.4 Å². The van der Waals surface area contributed by atoms with Gasteiger partial charge in [-0.05, 0) is 24.5 Å². The van der Waals surface area contributed by atoms with E-state index in [2.05, 4.69) is 0 Å². The molecule has 2 atom stereocenters. The third-order valence-electron chi connectivity index (χ3n) is 5.37. The van der Waals surface area contributed by atoms with Gasteiger partial charge in [0.05, 0.1) is 16.1 Å². The monoisotopic (exact) mass is 361 g/mol. The Balaban J connectivity index is 1.78. The molecule has 2 aliphatic rings. The fourth-order valence-corrected chi connectivity index (χ4v) is 4.25. The number of pyridine rings is 1. The van der Waals surface area contributed by atoms with Crippen molar-refractivity contribution in [3.05, 3.63) is 67.6 Å². The number of hydrogen-bond donors (Lipinski definition) is 0. The van der Waals surface area contributed by atoms with Gasteiger partial charge in [0.25, 0.3) is 11.2 Å². The van der Waals surface area contributed by atoms with E-state index in [1.807, 2.05) is 23.1 Å². The Bertz CT molecular complexity index is 1090. The molecule has 8 nitrogen and oxygen atoms in total. The van der Waals surface area contributed by atoms with Gasteiger partial charge in [-0.15, -0.1) is 0 Å². The van der Waals surface area contributed by atoms with Gasteiger partial charge < -0.3 is 9.47 Å². The lowest BCUT2D eigenvalue weighted by molar-refractivity contribution is -0.384. The Hall–Kier alpha value is -3.65. The van der Waals surface area contributed by atoms with Crippen LogP contribution in [0.2, 0.25) is 0 Å². The molecule has 2 aliphatic heterocycles. The maximum atomic E-state index is 12.1. The number of nitrogens with zero attached hydrogens (tertiary/aromatic N) is 5. The van der Waals surface area contributed by atoms with E-state index in [0.29, 0.717) is 25.3 Å². The first kappa shape index (κ1) is 16.8. The van der Waals surface area contributed by atoms with Crippen LogP contribution < -0.4 is 10.5 Å². The van der Waals surface area contributed by atoms with E-state index in [0.717, 1.165) is 12.1 Å². The van der Waals surface area contributed by atoms with Crippen molar-refractivity contribution in [2.24, 2.45) is 5.92 Å². The lowest BCUT2D eigenvalue weighted by Gasteiger charge is -2.43. The fraction of sp³-hybridized carbons (Fsp3) is 0.316. The lowest BCUT2D eigenvalue weighted by Crippen LogP contribution is -2.47. The topological polar surface area (TPSA) is 116 Å². The quantitative estimate of drug-likeness (QED) is 0.597. The van der Waals surface area contributed by atoms with E-state index in [-0.39, 0.29) is 34.2 Å². The van der Waals surface area contributed by atoms with Crippen LogP contribution in [0.5, 0.6) is 0 Å². The molecule has 27 heavy (non-hydrogen) atoms. The van der Waals surface area contributed by atoms with Crippen molar-refractivity contribution >= 4 is 11.4 Å². The molecule has 8 heteroatoms. The van der Waals surface area contributed by atoms with Gasteiger partial charge in [0.1, 0.15) is 17.8 Å². The van der Waals surface area contributed by atoms with Crippen LogP contribution in [0, 0.1) is 38.7 Å². The van der Waals surface area contributed by atoms with Gasteiger partial charge in [-0.25, -0.2) is 0 Å². The number of nitro groups is 1. The van der Waals surface area contributed by atoms with Gasteiger partial charge in [-0.3, -0.25) is 14.9 Å². The molecule has 0 N–H and O–H groups in total. The molecular weight excluding hydrogens is 346 g/mol. The van der Waals surface area contributed by atoms with Crippen LogP contribution in [0.25, 0.3) is 0 Å². The normalized spacial score (nSPS) is 20.3. The number of piperidine rings is 1. The van der Waals surface area contributed by atoms with Crippen LogP contribution >= 0.6 is 0 Å². The molecule has 2 aromatic rings. The molecule has 1 fully saturated rings. The van der Waals surface area contributed by atoms with Gasteiger partial charge in [0.2, 0.25) is 0 Å². The molecule has 1 aromatic heterocycles. The van der Waals surface area contributed by atoms with E-state index < -0.39 is 4.92 Å². The summed E-state index contributed by atoms with van der Waals surface area (Å²) in [6.07, 6.45) is 0.926. The second-order valence-electron chi connectivity index (χ2n) is 6.97. The van der Waals surface area contributed by atoms with Crippen molar-refractivity contribution in [2.75, 3.05) is 18.0 Å². The number of fused-ring (bicyclic) bond motifs is 4. The van der Waals surface area contributed by atoms with Crippen LogP contribution in [0.3, 0.4) is 0 Å². The van der Waals surface area contributed by atoms with Crippen LogP contribution in [0.15, 0.2) is 35.1 Å². The highest BCUT2D eigenvalue weighted by molar-refractivity contribution is 5.70.